The second kappa shape index (κ2) is 10.3. The average molecular weight is 374 g/mol. The number of carbonyl (C=O) groups excluding carboxylic acids is 2. The molecule has 1 atom stereocenters. The van der Waals surface area contributed by atoms with E-state index in [0.29, 0.717) is 0 Å². The first-order valence-electron chi connectivity index (χ1n) is 10.4. The first-order chi connectivity index (χ1) is 13.0. The maximum absolute atomic E-state index is 13.0. The lowest BCUT2D eigenvalue weighted by Crippen LogP contribution is -2.50. The third kappa shape index (κ3) is 6.26. The monoisotopic (exact) mass is 373 g/mol. The minimum atomic E-state index is -0.250. The van der Waals surface area contributed by atoms with E-state index in [9.17, 15) is 9.59 Å². The molecule has 1 aromatic rings. The van der Waals surface area contributed by atoms with Crippen molar-refractivity contribution in [3.05, 3.63) is 30.3 Å². The van der Waals surface area contributed by atoms with Crippen LogP contribution in [-0.4, -0.2) is 36.0 Å². The Bertz CT molecular complexity index is 597. The Balaban J connectivity index is 1.79. The van der Waals surface area contributed by atoms with Gasteiger partial charge in [-0.3, -0.25) is 4.79 Å². The summed E-state index contributed by atoms with van der Waals surface area (Å²) in [6, 6.07) is 9.38. The van der Waals surface area contributed by atoms with Crippen molar-refractivity contribution in [2.24, 2.45) is 5.41 Å². The number of anilines is 1. The van der Waals surface area contributed by atoms with Gasteiger partial charge in [0, 0.05) is 30.2 Å². The van der Waals surface area contributed by atoms with Gasteiger partial charge in [0.1, 0.15) is 0 Å². The summed E-state index contributed by atoms with van der Waals surface area (Å²) < 4.78 is 0. The van der Waals surface area contributed by atoms with E-state index < -0.39 is 0 Å². The quantitative estimate of drug-likeness (QED) is 0.643. The number of likely N-dealkylation sites (tertiary alicyclic amines) is 1. The largest absolute Gasteiger partial charge is 0.342 e. The predicted molar refractivity (Wildman–Crippen MR) is 111 cm³/mol. The van der Waals surface area contributed by atoms with Crippen molar-refractivity contribution in [2.45, 2.75) is 71.8 Å². The molecule has 1 aromatic carbocycles. The van der Waals surface area contributed by atoms with Crippen LogP contribution in [-0.2, 0) is 4.79 Å². The number of rotatable bonds is 8. The fourth-order valence-electron chi connectivity index (χ4n) is 3.68. The molecule has 1 saturated heterocycles. The third-order valence-corrected chi connectivity index (χ3v) is 5.78. The second-order valence-electron chi connectivity index (χ2n) is 7.90. The molecule has 150 valence electrons. The molecule has 0 aromatic heterocycles. The number of nitrogens with zero attached hydrogens (tertiary/aromatic N) is 1. The van der Waals surface area contributed by atoms with Crippen LogP contribution in [0.2, 0.25) is 0 Å². The van der Waals surface area contributed by atoms with Crippen LogP contribution in [0.25, 0.3) is 0 Å². The highest BCUT2D eigenvalue weighted by Gasteiger charge is 2.36. The zero-order chi connectivity index (χ0) is 19.7. The van der Waals surface area contributed by atoms with Gasteiger partial charge in [-0.05, 0) is 37.8 Å². The number of hydrogen-bond acceptors (Lipinski definition) is 2. The molecule has 0 spiro atoms. The Morgan fingerprint density at radius 2 is 1.78 bits per heavy atom. The summed E-state index contributed by atoms with van der Waals surface area (Å²) in [6.07, 6.45) is 6.94. The van der Waals surface area contributed by atoms with Gasteiger partial charge in [0.15, 0.2) is 0 Å². The number of benzene rings is 1. The van der Waals surface area contributed by atoms with E-state index in [1.807, 2.05) is 35.2 Å². The number of nitrogens with one attached hydrogen (secondary N) is 2. The average Bonchev–Trinajstić information content (AvgIpc) is 2.68. The Kier molecular flexibility index (Phi) is 8.14. The van der Waals surface area contributed by atoms with Crippen molar-refractivity contribution in [3.8, 4) is 0 Å². The number of piperidine rings is 1. The molecule has 0 aliphatic carbocycles. The van der Waals surface area contributed by atoms with Gasteiger partial charge >= 0.3 is 6.03 Å². The summed E-state index contributed by atoms with van der Waals surface area (Å²) >= 11 is 0. The van der Waals surface area contributed by atoms with Crippen LogP contribution in [0.3, 0.4) is 0 Å². The van der Waals surface area contributed by atoms with Crippen molar-refractivity contribution in [1.82, 2.24) is 10.2 Å². The molecular formula is C22H35N3O2. The molecular weight excluding hydrogens is 338 g/mol. The van der Waals surface area contributed by atoms with E-state index in [1.165, 1.54) is 12.8 Å². The maximum atomic E-state index is 13.0. The first kappa shape index (κ1) is 21.3. The van der Waals surface area contributed by atoms with Gasteiger partial charge in [-0.25, -0.2) is 4.79 Å². The smallest absolute Gasteiger partial charge is 0.319 e. The van der Waals surface area contributed by atoms with Gasteiger partial charge in [-0.1, -0.05) is 58.2 Å². The first-order valence-corrected chi connectivity index (χ1v) is 10.4. The van der Waals surface area contributed by atoms with E-state index in [2.05, 4.69) is 31.4 Å². The van der Waals surface area contributed by atoms with Gasteiger partial charge in [0.25, 0.3) is 0 Å². The summed E-state index contributed by atoms with van der Waals surface area (Å²) in [5, 5.41) is 5.89. The molecule has 27 heavy (non-hydrogen) atoms. The molecule has 1 unspecified atom stereocenters. The minimum Gasteiger partial charge on any atom is -0.342 e. The summed E-state index contributed by atoms with van der Waals surface area (Å²) in [5.41, 5.74) is 0.536. The molecule has 0 saturated carbocycles. The fraction of sp³-hybridized carbons (Fsp3) is 0.636. The zero-order valence-electron chi connectivity index (χ0n) is 17.1. The Labute approximate surface area is 163 Å². The van der Waals surface area contributed by atoms with Crippen LogP contribution in [0.15, 0.2) is 30.3 Å². The zero-order valence-corrected chi connectivity index (χ0v) is 17.1. The predicted octanol–water partition coefficient (Wildman–Crippen LogP) is 4.80. The maximum Gasteiger partial charge on any atom is 0.319 e. The Hall–Kier alpha value is -2.04. The van der Waals surface area contributed by atoms with Crippen LogP contribution in [0.1, 0.15) is 65.7 Å². The van der Waals surface area contributed by atoms with Crippen molar-refractivity contribution < 1.29 is 9.59 Å². The van der Waals surface area contributed by atoms with Gasteiger partial charge in [-0.2, -0.15) is 0 Å². The third-order valence-electron chi connectivity index (χ3n) is 5.78. The van der Waals surface area contributed by atoms with Crippen molar-refractivity contribution >= 4 is 17.6 Å². The van der Waals surface area contributed by atoms with Crippen molar-refractivity contribution in [1.29, 1.82) is 0 Å². The highest BCUT2D eigenvalue weighted by molar-refractivity contribution is 5.89. The minimum absolute atomic E-state index is 0.116. The highest BCUT2D eigenvalue weighted by Crippen LogP contribution is 2.32. The lowest BCUT2D eigenvalue weighted by molar-refractivity contribution is -0.143. The van der Waals surface area contributed by atoms with E-state index >= 15 is 0 Å². The van der Waals surface area contributed by atoms with Crippen LogP contribution < -0.4 is 10.6 Å². The molecule has 3 amide bonds. The van der Waals surface area contributed by atoms with Crippen LogP contribution in [0.4, 0.5) is 10.5 Å². The Morgan fingerprint density at radius 1 is 1.11 bits per heavy atom. The fourth-order valence-corrected chi connectivity index (χ4v) is 3.68. The van der Waals surface area contributed by atoms with Crippen LogP contribution in [0.5, 0.6) is 0 Å². The topological polar surface area (TPSA) is 61.4 Å². The van der Waals surface area contributed by atoms with E-state index in [4.69, 9.17) is 0 Å². The second-order valence-corrected chi connectivity index (χ2v) is 7.90. The van der Waals surface area contributed by atoms with E-state index in [-0.39, 0.29) is 23.4 Å². The molecule has 0 radical (unpaired) electrons. The molecule has 1 aliphatic heterocycles. The number of carbonyl (C=O) groups is 2. The molecule has 0 bridgehead atoms. The number of para-hydroxylation sites is 1. The molecule has 5 nitrogen and oxygen atoms in total. The van der Waals surface area contributed by atoms with E-state index in [0.717, 1.165) is 50.9 Å². The molecule has 1 heterocycles. The number of amides is 3. The lowest BCUT2D eigenvalue weighted by atomic mass is 9.80. The lowest BCUT2D eigenvalue weighted by Gasteiger charge is -2.38. The standard InChI is InChI=1S/C22H35N3O2/c1-4-6-10-15-22(3,5-2)20(26)25-16-13-19(14-17-25)24-21(27)23-18-11-8-7-9-12-18/h7-9,11-12,19H,4-6,10,13-17H2,1-3H3,(H2,23,24,27). The molecule has 5 heteroatoms. The van der Waals surface area contributed by atoms with Gasteiger partial charge in [0.05, 0.1) is 0 Å². The summed E-state index contributed by atoms with van der Waals surface area (Å²) in [6.45, 7) is 7.86. The van der Waals surface area contributed by atoms with Gasteiger partial charge in [-0.15, -0.1) is 0 Å². The summed E-state index contributed by atoms with van der Waals surface area (Å²) in [4.78, 5) is 27.2. The number of unbranched alkanes of at least 4 members (excludes halogenated alkanes) is 2. The number of urea groups is 1. The van der Waals surface area contributed by atoms with Crippen molar-refractivity contribution in [2.75, 3.05) is 18.4 Å². The Morgan fingerprint density at radius 3 is 2.37 bits per heavy atom. The van der Waals surface area contributed by atoms with E-state index in [1.54, 1.807) is 0 Å². The molecule has 1 aliphatic rings. The van der Waals surface area contributed by atoms with Crippen LogP contribution in [0, 0.1) is 5.41 Å². The number of hydrogen-bond donors (Lipinski definition) is 2. The van der Waals surface area contributed by atoms with Gasteiger partial charge in [0.2, 0.25) is 5.91 Å². The van der Waals surface area contributed by atoms with Gasteiger partial charge < -0.3 is 15.5 Å². The normalized spacial score (nSPS) is 17.2. The summed E-state index contributed by atoms with van der Waals surface area (Å²) in [7, 11) is 0. The molecule has 2 N–H and O–H groups in total. The van der Waals surface area contributed by atoms with Crippen molar-refractivity contribution in [3.63, 3.8) is 0 Å². The molecule has 2 rings (SSSR count). The van der Waals surface area contributed by atoms with Crippen LogP contribution >= 0.6 is 0 Å². The summed E-state index contributed by atoms with van der Waals surface area (Å²) in [5.74, 6) is 0.285. The SMILES string of the molecule is CCCCCC(C)(CC)C(=O)N1CCC(NC(=O)Nc2ccccc2)CC1. The highest BCUT2D eigenvalue weighted by atomic mass is 16.2. The molecule has 1 fully saturated rings.